The Kier molecular flexibility index (Phi) is 5.73. The highest BCUT2D eigenvalue weighted by atomic mass is 32.2. The number of hydrazine groups is 1. The van der Waals surface area contributed by atoms with E-state index < -0.39 is 0 Å². The molecular weight excluding hydrogens is 260 g/mol. The van der Waals surface area contributed by atoms with Crippen molar-refractivity contribution in [1.82, 2.24) is 5.43 Å². The lowest BCUT2D eigenvalue weighted by Crippen LogP contribution is -2.53. The first-order valence-electron chi connectivity index (χ1n) is 7.31. The highest BCUT2D eigenvalue weighted by molar-refractivity contribution is 8.07. The van der Waals surface area contributed by atoms with Crippen LogP contribution in [0.4, 0.5) is 0 Å². The molecule has 2 nitrogen and oxygen atoms in total. The largest absolute Gasteiger partial charge is 0.271 e. The number of rotatable bonds is 3. The van der Waals surface area contributed by atoms with E-state index in [2.05, 4.69) is 49.7 Å². The van der Waals surface area contributed by atoms with Crippen molar-refractivity contribution < 1.29 is 0 Å². The molecule has 0 radical (unpaired) electrons. The molecule has 1 saturated heterocycles. The fourth-order valence-corrected chi connectivity index (χ4v) is 6.87. The van der Waals surface area contributed by atoms with Gasteiger partial charge in [0.1, 0.15) is 0 Å². The highest BCUT2D eigenvalue weighted by Crippen LogP contribution is 2.41. The molecule has 5 unspecified atom stereocenters. The quantitative estimate of drug-likeness (QED) is 0.618. The van der Waals surface area contributed by atoms with Gasteiger partial charge in [0, 0.05) is 28.0 Å². The Bertz CT molecular complexity index is 252. The Balaban J connectivity index is 2.02. The normalized spacial score (nSPS) is 43.7. The summed E-state index contributed by atoms with van der Waals surface area (Å²) in [6.45, 7) is 7.19. The molecule has 0 bridgehead atoms. The summed E-state index contributed by atoms with van der Waals surface area (Å²) in [7, 11) is 0. The SMILES string of the molecule is CC1CC(C)CC(C(NN)C2SCCSC2C)C1. The third kappa shape index (κ3) is 3.59. The second-order valence-corrected chi connectivity index (χ2v) is 9.05. The standard InChI is InChI=1S/C14H28N2S2/c1-9-6-10(2)8-12(7-9)13(16-15)14-11(3)17-4-5-18-14/h9-14,16H,4-8,15H2,1-3H3. The van der Waals surface area contributed by atoms with Crippen LogP contribution in [0.15, 0.2) is 0 Å². The molecule has 1 aliphatic heterocycles. The van der Waals surface area contributed by atoms with Gasteiger partial charge in [0.25, 0.3) is 0 Å². The number of nitrogens with one attached hydrogen (secondary N) is 1. The Morgan fingerprint density at radius 2 is 1.61 bits per heavy atom. The van der Waals surface area contributed by atoms with Crippen molar-refractivity contribution in [2.24, 2.45) is 23.6 Å². The van der Waals surface area contributed by atoms with Gasteiger partial charge in [-0.15, -0.1) is 0 Å². The maximum Gasteiger partial charge on any atom is 0.0368 e. The summed E-state index contributed by atoms with van der Waals surface area (Å²) >= 11 is 4.26. The fourth-order valence-electron chi connectivity index (χ4n) is 3.85. The van der Waals surface area contributed by atoms with Gasteiger partial charge in [0.2, 0.25) is 0 Å². The van der Waals surface area contributed by atoms with Crippen molar-refractivity contribution in [1.29, 1.82) is 0 Å². The van der Waals surface area contributed by atoms with Crippen molar-refractivity contribution >= 4 is 23.5 Å². The average Bonchev–Trinajstić information content (AvgIpc) is 2.31. The lowest BCUT2D eigenvalue weighted by Gasteiger charge is -2.42. The smallest absolute Gasteiger partial charge is 0.0368 e. The van der Waals surface area contributed by atoms with Gasteiger partial charge in [0.15, 0.2) is 0 Å². The van der Waals surface area contributed by atoms with Crippen LogP contribution in [0.25, 0.3) is 0 Å². The molecule has 0 amide bonds. The molecule has 0 spiro atoms. The van der Waals surface area contributed by atoms with Gasteiger partial charge in [-0.3, -0.25) is 11.3 Å². The van der Waals surface area contributed by atoms with E-state index in [1.807, 2.05) is 0 Å². The molecule has 0 aromatic carbocycles. The summed E-state index contributed by atoms with van der Waals surface area (Å²) < 4.78 is 0. The third-order valence-electron chi connectivity index (χ3n) is 4.51. The van der Waals surface area contributed by atoms with E-state index in [0.717, 1.165) is 23.0 Å². The first kappa shape index (κ1) is 15.0. The van der Waals surface area contributed by atoms with Crippen molar-refractivity contribution in [3.05, 3.63) is 0 Å². The molecule has 18 heavy (non-hydrogen) atoms. The van der Waals surface area contributed by atoms with Gasteiger partial charge in [0.05, 0.1) is 0 Å². The van der Waals surface area contributed by atoms with E-state index in [0.29, 0.717) is 11.3 Å². The van der Waals surface area contributed by atoms with Crippen LogP contribution in [0.1, 0.15) is 40.0 Å². The van der Waals surface area contributed by atoms with E-state index in [1.54, 1.807) is 0 Å². The third-order valence-corrected chi connectivity index (χ3v) is 7.72. The molecule has 0 aromatic heterocycles. The highest BCUT2D eigenvalue weighted by Gasteiger charge is 2.37. The van der Waals surface area contributed by atoms with Crippen LogP contribution in [-0.4, -0.2) is 28.0 Å². The molecule has 106 valence electrons. The Labute approximate surface area is 121 Å². The maximum atomic E-state index is 5.91. The number of hydrogen-bond donors (Lipinski definition) is 2. The molecule has 5 atom stereocenters. The minimum Gasteiger partial charge on any atom is -0.271 e. The van der Waals surface area contributed by atoms with Crippen molar-refractivity contribution in [3.8, 4) is 0 Å². The zero-order valence-corrected chi connectivity index (χ0v) is 13.5. The van der Waals surface area contributed by atoms with Crippen LogP contribution < -0.4 is 11.3 Å². The van der Waals surface area contributed by atoms with Crippen molar-refractivity contribution in [3.63, 3.8) is 0 Å². The molecule has 3 N–H and O–H groups in total. The zero-order valence-electron chi connectivity index (χ0n) is 11.9. The second kappa shape index (κ2) is 6.87. The van der Waals surface area contributed by atoms with Crippen LogP contribution in [0.2, 0.25) is 0 Å². The molecular formula is C14H28N2S2. The summed E-state index contributed by atoms with van der Waals surface area (Å²) in [6.07, 6.45) is 4.11. The summed E-state index contributed by atoms with van der Waals surface area (Å²) in [5.74, 6) is 11.0. The monoisotopic (exact) mass is 288 g/mol. The van der Waals surface area contributed by atoms with Crippen LogP contribution in [0.3, 0.4) is 0 Å². The minimum atomic E-state index is 0.503. The lowest BCUT2D eigenvalue weighted by atomic mass is 9.73. The molecule has 1 aliphatic carbocycles. The van der Waals surface area contributed by atoms with Crippen molar-refractivity contribution in [2.75, 3.05) is 11.5 Å². The molecule has 1 saturated carbocycles. The minimum absolute atomic E-state index is 0.503. The second-order valence-electron chi connectivity index (χ2n) is 6.28. The maximum absolute atomic E-state index is 5.91. The number of thioether (sulfide) groups is 2. The molecule has 0 aromatic rings. The fraction of sp³-hybridized carbons (Fsp3) is 1.00. The summed E-state index contributed by atoms with van der Waals surface area (Å²) in [5, 5.41) is 1.42. The summed E-state index contributed by atoms with van der Waals surface area (Å²) in [4.78, 5) is 0. The first-order valence-corrected chi connectivity index (χ1v) is 9.41. The lowest BCUT2D eigenvalue weighted by molar-refractivity contribution is 0.174. The summed E-state index contributed by atoms with van der Waals surface area (Å²) in [6, 6.07) is 0.503. The Morgan fingerprint density at radius 1 is 1.00 bits per heavy atom. The van der Waals surface area contributed by atoms with Gasteiger partial charge in [-0.2, -0.15) is 23.5 Å². The van der Waals surface area contributed by atoms with Crippen LogP contribution in [-0.2, 0) is 0 Å². The van der Waals surface area contributed by atoms with Gasteiger partial charge in [-0.25, -0.2) is 0 Å². The average molecular weight is 289 g/mol. The molecule has 1 heterocycles. The Hall–Kier alpha value is 0.620. The molecule has 2 rings (SSSR count). The Morgan fingerprint density at radius 3 is 2.17 bits per heavy atom. The molecule has 2 fully saturated rings. The van der Waals surface area contributed by atoms with Gasteiger partial charge >= 0.3 is 0 Å². The van der Waals surface area contributed by atoms with Gasteiger partial charge in [-0.05, 0) is 37.0 Å². The van der Waals surface area contributed by atoms with E-state index in [1.165, 1.54) is 30.8 Å². The van der Waals surface area contributed by atoms with E-state index in [-0.39, 0.29) is 0 Å². The van der Waals surface area contributed by atoms with E-state index >= 15 is 0 Å². The molecule has 4 heteroatoms. The van der Waals surface area contributed by atoms with Gasteiger partial charge < -0.3 is 0 Å². The van der Waals surface area contributed by atoms with Crippen LogP contribution >= 0.6 is 23.5 Å². The predicted octanol–water partition coefficient (Wildman–Crippen LogP) is 3.13. The van der Waals surface area contributed by atoms with E-state index in [4.69, 9.17) is 5.84 Å². The topological polar surface area (TPSA) is 38.0 Å². The molecule has 2 aliphatic rings. The van der Waals surface area contributed by atoms with Crippen LogP contribution in [0.5, 0.6) is 0 Å². The zero-order chi connectivity index (χ0) is 13.1. The predicted molar refractivity (Wildman–Crippen MR) is 84.9 cm³/mol. The number of nitrogens with two attached hydrogens (primary N) is 1. The first-order chi connectivity index (χ1) is 8.61. The number of hydrogen-bond acceptors (Lipinski definition) is 4. The van der Waals surface area contributed by atoms with Crippen molar-refractivity contribution in [2.45, 2.75) is 56.6 Å². The van der Waals surface area contributed by atoms with E-state index in [9.17, 15) is 0 Å². The summed E-state index contributed by atoms with van der Waals surface area (Å²) in [5.41, 5.74) is 3.18. The van der Waals surface area contributed by atoms with Crippen LogP contribution in [0, 0.1) is 17.8 Å². The van der Waals surface area contributed by atoms with Gasteiger partial charge in [-0.1, -0.05) is 20.8 Å².